The molecule has 9 heteroatoms. The van der Waals surface area contributed by atoms with E-state index in [0.717, 1.165) is 22.9 Å². The second-order valence-electron chi connectivity index (χ2n) is 7.11. The molecule has 2 N–H and O–H groups in total. The summed E-state index contributed by atoms with van der Waals surface area (Å²) in [6.45, 7) is 1.92. The summed E-state index contributed by atoms with van der Waals surface area (Å²) in [5.74, 6) is -0.443. The van der Waals surface area contributed by atoms with Crippen molar-refractivity contribution in [3.8, 4) is 0 Å². The molecule has 0 unspecified atom stereocenters. The number of hydrogen-bond donors (Lipinski definition) is 2. The Morgan fingerprint density at radius 2 is 1.77 bits per heavy atom. The molecule has 1 heterocycles. The van der Waals surface area contributed by atoms with Crippen LogP contribution in [0.5, 0.6) is 0 Å². The van der Waals surface area contributed by atoms with Crippen molar-refractivity contribution in [2.24, 2.45) is 0 Å². The lowest BCUT2D eigenvalue weighted by Crippen LogP contribution is -2.45. The Morgan fingerprint density at radius 3 is 2.55 bits per heavy atom. The number of benzene rings is 3. The van der Waals surface area contributed by atoms with Crippen LogP contribution in [0.3, 0.4) is 0 Å². The first-order chi connectivity index (χ1) is 14.9. The first kappa shape index (κ1) is 21.1. The average molecular weight is 453 g/mol. The zero-order chi connectivity index (χ0) is 21.8. The Hall–Kier alpha value is -3.14. The minimum Gasteiger partial charge on any atom is -0.325 e. The molecule has 0 fully saturated rings. The largest absolute Gasteiger partial charge is 0.325 e. The van der Waals surface area contributed by atoms with E-state index in [9.17, 15) is 13.2 Å². The van der Waals surface area contributed by atoms with Gasteiger partial charge in [0.2, 0.25) is 15.9 Å². The van der Waals surface area contributed by atoms with E-state index >= 15 is 0 Å². The maximum Gasteiger partial charge on any atom is 0.243 e. The zero-order valence-corrected chi connectivity index (χ0v) is 18.3. The van der Waals surface area contributed by atoms with E-state index in [0.29, 0.717) is 11.2 Å². The minimum atomic E-state index is -4.03. The molecule has 0 bridgehead atoms. The number of rotatable bonds is 7. The highest BCUT2D eigenvalue weighted by atomic mass is 32.2. The number of hydrogen-bond acceptors (Lipinski definition) is 6. The number of nitrogens with one attached hydrogen (secondary N) is 2. The van der Waals surface area contributed by atoms with Gasteiger partial charge in [-0.3, -0.25) is 4.79 Å². The molecule has 158 valence electrons. The number of aryl methyl sites for hydroxylation is 1. The van der Waals surface area contributed by atoms with E-state index in [2.05, 4.69) is 18.8 Å². The minimum absolute atomic E-state index is 0.000155. The van der Waals surface area contributed by atoms with Crippen molar-refractivity contribution in [2.45, 2.75) is 24.3 Å². The first-order valence-corrected chi connectivity index (χ1v) is 11.8. The number of carbonyl (C=O) groups excluding carboxylic acids is 1. The number of aromatic nitrogens is 2. The van der Waals surface area contributed by atoms with Gasteiger partial charge in [0.05, 0.1) is 11.7 Å². The van der Waals surface area contributed by atoms with Crippen molar-refractivity contribution < 1.29 is 13.2 Å². The van der Waals surface area contributed by atoms with Gasteiger partial charge in [-0.1, -0.05) is 48.5 Å². The maximum absolute atomic E-state index is 13.2. The highest BCUT2D eigenvalue weighted by Gasteiger charge is 2.28. The summed E-state index contributed by atoms with van der Waals surface area (Å²) < 4.78 is 37.2. The summed E-state index contributed by atoms with van der Waals surface area (Å²) >= 11 is 0.943. The lowest BCUT2D eigenvalue weighted by molar-refractivity contribution is -0.117. The van der Waals surface area contributed by atoms with Gasteiger partial charge in [0.1, 0.15) is 22.0 Å². The molecule has 1 atom stereocenters. The molecule has 0 aliphatic heterocycles. The van der Waals surface area contributed by atoms with E-state index in [4.69, 9.17) is 0 Å². The molecule has 1 amide bonds. The molecule has 7 nitrogen and oxygen atoms in total. The zero-order valence-electron chi connectivity index (χ0n) is 16.6. The van der Waals surface area contributed by atoms with Crippen LogP contribution in [0, 0.1) is 6.92 Å². The smallest absolute Gasteiger partial charge is 0.243 e. The standard InChI is InChI=1S/C22H20N4O3S2/c1-15-7-5-10-17(13-15)23-22(27)19(14-16-8-3-2-4-9-16)26-31(28,29)20-12-6-11-18-21(20)25-30-24-18/h2-13,19,26H,14H2,1H3,(H,23,27)/t19-/m1/s1. The van der Waals surface area contributed by atoms with Gasteiger partial charge in [0, 0.05) is 5.69 Å². The third kappa shape index (κ3) is 4.96. The van der Waals surface area contributed by atoms with Crippen LogP contribution in [0.1, 0.15) is 11.1 Å². The molecular formula is C22H20N4O3S2. The Bertz CT molecular complexity index is 1320. The molecule has 0 spiro atoms. The predicted octanol–water partition coefficient (Wildman–Crippen LogP) is 3.53. The Kier molecular flexibility index (Phi) is 6.08. The van der Waals surface area contributed by atoms with Crippen molar-refractivity contribution in [1.29, 1.82) is 0 Å². The molecule has 4 rings (SSSR count). The summed E-state index contributed by atoms with van der Waals surface area (Å²) in [4.78, 5) is 13.1. The number of amides is 1. The lowest BCUT2D eigenvalue weighted by atomic mass is 10.1. The van der Waals surface area contributed by atoms with Gasteiger partial charge in [0.15, 0.2) is 0 Å². The number of carbonyl (C=O) groups is 1. The second kappa shape index (κ2) is 8.93. The Balaban J connectivity index is 1.65. The van der Waals surface area contributed by atoms with Crippen molar-refractivity contribution >= 4 is 44.4 Å². The highest BCUT2D eigenvalue weighted by Crippen LogP contribution is 2.22. The molecule has 0 saturated heterocycles. The van der Waals surface area contributed by atoms with Gasteiger partial charge in [-0.05, 0) is 48.7 Å². The average Bonchev–Trinajstić information content (AvgIpc) is 3.22. The van der Waals surface area contributed by atoms with Crippen LogP contribution in [0.2, 0.25) is 0 Å². The van der Waals surface area contributed by atoms with Gasteiger partial charge in [0.25, 0.3) is 0 Å². The van der Waals surface area contributed by atoms with Crippen LogP contribution < -0.4 is 10.0 Å². The van der Waals surface area contributed by atoms with Gasteiger partial charge >= 0.3 is 0 Å². The number of anilines is 1. The summed E-state index contributed by atoms with van der Waals surface area (Å²) in [6.07, 6.45) is 0.197. The molecule has 31 heavy (non-hydrogen) atoms. The SMILES string of the molecule is Cc1cccc(NC(=O)[C@@H](Cc2ccccc2)NS(=O)(=O)c2cccc3nsnc23)c1. The van der Waals surface area contributed by atoms with Gasteiger partial charge in [-0.15, -0.1) is 0 Å². The summed E-state index contributed by atoms with van der Waals surface area (Å²) in [7, 11) is -4.03. The first-order valence-electron chi connectivity index (χ1n) is 9.57. The van der Waals surface area contributed by atoms with Crippen LogP contribution >= 0.6 is 11.7 Å². The third-order valence-electron chi connectivity index (χ3n) is 4.72. The van der Waals surface area contributed by atoms with Crippen LogP contribution in [-0.4, -0.2) is 29.1 Å². The van der Waals surface area contributed by atoms with Crippen LogP contribution in [-0.2, 0) is 21.2 Å². The van der Waals surface area contributed by atoms with E-state index < -0.39 is 22.0 Å². The molecular weight excluding hydrogens is 432 g/mol. The van der Waals surface area contributed by atoms with Crippen LogP contribution in [0.25, 0.3) is 11.0 Å². The van der Waals surface area contributed by atoms with Crippen LogP contribution in [0.4, 0.5) is 5.69 Å². The van der Waals surface area contributed by atoms with E-state index in [1.807, 2.05) is 55.5 Å². The Labute approximate surface area is 184 Å². The molecule has 0 aliphatic carbocycles. The number of sulfonamides is 1. The Morgan fingerprint density at radius 1 is 1.00 bits per heavy atom. The molecule has 0 saturated carbocycles. The normalized spacial score (nSPS) is 12.5. The molecule has 3 aromatic carbocycles. The summed E-state index contributed by atoms with van der Waals surface area (Å²) in [5, 5.41) is 2.82. The van der Waals surface area contributed by atoms with E-state index in [1.165, 1.54) is 6.07 Å². The van der Waals surface area contributed by atoms with E-state index in [1.54, 1.807) is 18.2 Å². The molecule has 4 aromatic rings. The van der Waals surface area contributed by atoms with Gasteiger partial charge < -0.3 is 5.32 Å². The number of nitrogens with zero attached hydrogens (tertiary/aromatic N) is 2. The fourth-order valence-corrected chi connectivity index (χ4v) is 5.20. The van der Waals surface area contributed by atoms with Crippen LogP contribution in [0.15, 0.2) is 77.7 Å². The highest BCUT2D eigenvalue weighted by molar-refractivity contribution is 7.89. The van der Waals surface area contributed by atoms with Crippen molar-refractivity contribution in [2.75, 3.05) is 5.32 Å². The van der Waals surface area contributed by atoms with Crippen molar-refractivity contribution in [3.63, 3.8) is 0 Å². The molecule has 0 radical (unpaired) electrons. The van der Waals surface area contributed by atoms with Crippen molar-refractivity contribution in [3.05, 3.63) is 83.9 Å². The van der Waals surface area contributed by atoms with Gasteiger partial charge in [-0.2, -0.15) is 13.5 Å². The van der Waals surface area contributed by atoms with Gasteiger partial charge in [-0.25, -0.2) is 8.42 Å². The molecule has 1 aromatic heterocycles. The quantitative estimate of drug-likeness (QED) is 0.447. The summed E-state index contributed by atoms with van der Waals surface area (Å²) in [6, 6.07) is 20.4. The third-order valence-corrected chi connectivity index (χ3v) is 6.77. The fourth-order valence-electron chi connectivity index (χ4n) is 3.24. The lowest BCUT2D eigenvalue weighted by Gasteiger charge is -2.19. The van der Waals surface area contributed by atoms with Crippen molar-refractivity contribution in [1.82, 2.24) is 13.5 Å². The predicted molar refractivity (Wildman–Crippen MR) is 121 cm³/mol. The van der Waals surface area contributed by atoms with E-state index in [-0.39, 0.29) is 16.8 Å². The maximum atomic E-state index is 13.2. The topological polar surface area (TPSA) is 101 Å². The number of fused-ring (bicyclic) bond motifs is 1. The summed E-state index contributed by atoms with van der Waals surface area (Å²) in [5.41, 5.74) is 3.21. The fraction of sp³-hybridized carbons (Fsp3) is 0.136. The monoisotopic (exact) mass is 452 g/mol. The second-order valence-corrected chi connectivity index (χ2v) is 9.32. The molecule has 0 aliphatic rings.